The molecule has 1 N–H and O–H groups in total. The second-order valence-corrected chi connectivity index (χ2v) is 9.82. The van der Waals surface area contributed by atoms with Gasteiger partial charge in [0.2, 0.25) is 11.9 Å². The number of nitrogens with zero attached hydrogens (tertiary/aromatic N) is 6. The molecule has 4 rings (SSSR count). The minimum atomic E-state index is -0.432. The Morgan fingerprint density at radius 3 is 2.72 bits per heavy atom. The first-order valence-corrected chi connectivity index (χ1v) is 13.4. The standard InChI is InChI=1S/C27H34ClN7O4/c1-4-20(3)39-27(37)35-13-12-33(24-16-23(28)31-26(32-24)34-11-9-29-18-34)17-21(35)15-25(36)30-10-14-38-22-7-5-19(2)6-8-22/h5-9,11,16,18,20-21H,4,10,12-15,17H2,1-3H3,(H,30,36). The van der Waals surface area contributed by atoms with E-state index in [1.165, 1.54) is 0 Å². The van der Waals surface area contributed by atoms with Crippen molar-refractivity contribution in [2.24, 2.45) is 0 Å². The molecule has 3 aromatic rings. The molecule has 1 aromatic carbocycles. The van der Waals surface area contributed by atoms with Crippen LogP contribution in [0.25, 0.3) is 5.95 Å². The molecule has 3 heterocycles. The molecule has 208 valence electrons. The lowest BCUT2D eigenvalue weighted by atomic mass is 10.1. The fraction of sp³-hybridized carbons (Fsp3) is 0.444. The molecule has 1 aliphatic heterocycles. The molecule has 0 bridgehead atoms. The van der Waals surface area contributed by atoms with Gasteiger partial charge in [-0.3, -0.25) is 9.36 Å². The fourth-order valence-electron chi connectivity index (χ4n) is 4.13. The maximum atomic E-state index is 13.0. The average Bonchev–Trinajstić information content (AvgIpc) is 3.47. The van der Waals surface area contributed by atoms with Gasteiger partial charge in [0.25, 0.3) is 0 Å². The maximum absolute atomic E-state index is 13.0. The lowest BCUT2D eigenvalue weighted by Crippen LogP contribution is -2.57. The van der Waals surface area contributed by atoms with Gasteiger partial charge in [-0.2, -0.15) is 4.98 Å². The number of carbonyl (C=O) groups is 2. The number of carbonyl (C=O) groups excluding carboxylic acids is 2. The molecule has 0 spiro atoms. The fourth-order valence-corrected chi connectivity index (χ4v) is 4.30. The zero-order chi connectivity index (χ0) is 27.8. The van der Waals surface area contributed by atoms with Gasteiger partial charge >= 0.3 is 6.09 Å². The van der Waals surface area contributed by atoms with Crippen LogP contribution in [0.15, 0.2) is 49.1 Å². The van der Waals surface area contributed by atoms with Gasteiger partial charge in [-0.1, -0.05) is 36.2 Å². The molecular weight excluding hydrogens is 522 g/mol. The Bertz CT molecular complexity index is 1240. The van der Waals surface area contributed by atoms with Crippen LogP contribution in [0.4, 0.5) is 10.6 Å². The SMILES string of the molecule is CCC(C)OC(=O)N1CCN(c2cc(Cl)nc(-n3ccnc3)n2)CC1CC(=O)NCCOc1ccc(C)cc1. The van der Waals surface area contributed by atoms with Crippen molar-refractivity contribution in [2.45, 2.75) is 45.8 Å². The van der Waals surface area contributed by atoms with Gasteiger partial charge < -0.3 is 24.6 Å². The maximum Gasteiger partial charge on any atom is 0.410 e. The van der Waals surface area contributed by atoms with Crippen molar-refractivity contribution >= 4 is 29.4 Å². The Labute approximate surface area is 233 Å². The average molecular weight is 556 g/mol. The number of amides is 2. The highest BCUT2D eigenvalue weighted by Gasteiger charge is 2.34. The van der Waals surface area contributed by atoms with Crippen LogP contribution in [-0.2, 0) is 9.53 Å². The molecule has 2 amide bonds. The van der Waals surface area contributed by atoms with Gasteiger partial charge in [0, 0.05) is 44.5 Å². The minimum Gasteiger partial charge on any atom is -0.492 e. The summed E-state index contributed by atoms with van der Waals surface area (Å²) in [7, 11) is 0. The number of aromatic nitrogens is 4. The van der Waals surface area contributed by atoms with Gasteiger partial charge in [0.1, 0.15) is 35.8 Å². The van der Waals surface area contributed by atoms with E-state index in [2.05, 4.69) is 20.3 Å². The summed E-state index contributed by atoms with van der Waals surface area (Å²) in [5.74, 6) is 1.55. The molecule has 12 heteroatoms. The molecule has 39 heavy (non-hydrogen) atoms. The number of imidazole rings is 1. The summed E-state index contributed by atoms with van der Waals surface area (Å²) in [6, 6.07) is 8.98. The number of ether oxygens (including phenoxy) is 2. The number of piperazine rings is 1. The number of halogens is 1. The Morgan fingerprint density at radius 1 is 1.21 bits per heavy atom. The third kappa shape index (κ3) is 7.82. The highest BCUT2D eigenvalue weighted by molar-refractivity contribution is 6.29. The summed E-state index contributed by atoms with van der Waals surface area (Å²) in [6.07, 6.45) is 5.11. The van der Waals surface area contributed by atoms with Crippen molar-refractivity contribution < 1.29 is 19.1 Å². The number of aryl methyl sites for hydroxylation is 1. The quantitative estimate of drug-likeness (QED) is 0.298. The molecule has 2 atom stereocenters. The van der Waals surface area contributed by atoms with Gasteiger partial charge in [-0.25, -0.2) is 14.8 Å². The van der Waals surface area contributed by atoms with Crippen molar-refractivity contribution in [1.82, 2.24) is 29.7 Å². The first kappa shape index (κ1) is 28.2. The van der Waals surface area contributed by atoms with E-state index in [9.17, 15) is 9.59 Å². The third-order valence-corrected chi connectivity index (χ3v) is 6.65. The van der Waals surface area contributed by atoms with Crippen LogP contribution in [0.2, 0.25) is 5.15 Å². The second-order valence-electron chi connectivity index (χ2n) is 9.43. The van der Waals surface area contributed by atoms with Gasteiger partial charge in [0.15, 0.2) is 0 Å². The number of hydrogen-bond donors (Lipinski definition) is 1. The van der Waals surface area contributed by atoms with Crippen molar-refractivity contribution in [3.05, 3.63) is 59.8 Å². The van der Waals surface area contributed by atoms with E-state index in [4.69, 9.17) is 21.1 Å². The lowest BCUT2D eigenvalue weighted by molar-refractivity contribution is -0.122. The summed E-state index contributed by atoms with van der Waals surface area (Å²) >= 11 is 6.31. The van der Waals surface area contributed by atoms with E-state index in [1.54, 1.807) is 34.3 Å². The van der Waals surface area contributed by atoms with Crippen LogP contribution >= 0.6 is 11.6 Å². The number of rotatable bonds is 10. The Kier molecular flexibility index (Phi) is 9.59. The molecule has 1 fully saturated rings. The van der Waals surface area contributed by atoms with E-state index in [-0.39, 0.29) is 23.6 Å². The molecule has 11 nitrogen and oxygen atoms in total. The van der Waals surface area contributed by atoms with Gasteiger partial charge in [-0.15, -0.1) is 0 Å². The number of hydrogen-bond acceptors (Lipinski definition) is 8. The third-order valence-electron chi connectivity index (χ3n) is 6.46. The smallest absolute Gasteiger partial charge is 0.410 e. The molecule has 0 saturated carbocycles. The van der Waals surface area contributed by atoms with E-state index < -0.39 is 12.1 Å². The summed E-state index contributed by atoms with van der Waals surface area (Å²) < 4.78 is 13.0. The van der Waals surface area contributed by atoms with Crippen LogP contribution in [0, 0.1) is 6.92 Å². The highest BCUT2D eigenvalue weighted by atomic mass is 35.5. The van der Waals surface area contributed by atoms with Crippen LogP contribution in [0.5, 0.6) is 5.75 Å². The van der Waals surface area contributed by atoms with Crippen LogP contribution in [-0.4, -0.2) is 81.4 Å². The molecule has 0 radical (unpaired) electrons. The number of benzene rings is 1. The predicted octanol–water partition coefficient (Wildman–Crippen LogP) is 3.64. The Morgan fingerprint density at radius 2 is 2.00 bits per heavy atom. The summed E-state index contributed by atoms with van der Waals surface area (Å²) in [4.78, 5) is 42.5. The van der Waals surface area contributed by atoms with E-state index in [0.29, 0.717) is 51.0 Å². The van der Waals surface area contributed by atoms with Crippen LogP contribution < -0.4 is 15.0 Å². The first-order valence-electron chi connectivity index (χ1n) is 13.0. The first-order chi connectivity index (χ1) is 18.8. The molecule has 1 aliphatic rings. The molecule has 2 unspecified atom stereocenters. The van der Waals surface area contributed by atoms with Crippen LogP contribution in [0.3, 0.4) is 0 Å². The summed E-state index contributed by atoms with van der Waals surface area (Å²) in [5.41, 5.74) is 1.15. The molecule has 2 aromatic heterocycles. The predicted molar refractivity (Wildman–Crippen MR) is 147 cm³/mol. The van der Waals surface area contributed by atoms with Crippen LogP contribution in [0.1, 0.15) is 32.3 Å². The van der Waals surface area contributed by atoms with Crippen molar-refractivity contribution in [3.8, 4) is 11.7 Å². The van der Waals surface area contributed by atoms with Crippen molar-refractivity contribution in [2.75, 3.05) is 37.7 Å². The minimum absolute atomic E-state index is 0.101. The van der Waals surface area contributed by atoms with Gasteiger partial charge in [0.05, 0.1) is 12.6 Å². The van der Waals surface area contributed by atoms with E-state index in [0.717, 1.165) is 11.3 Å². The normalized spacial score (nSPS) is 16.1. The second kappa shape index (κ2) is 13.3. The Hall–Kier alpha value is -3.86. The molecular formula is C27H34ClN7O4. The zero-order valence-electron chi connectivity index (χ0n) is 22.4. The highest BCUT2D eigenvalue weighted by Crippen LogP contribution is 2.23. The lowest BCUT2D eigenvalue weighted by Gasteiger charge is -2.41. The number of anilines is 1. The summed E-state index contributed by atoms with van der Waals surface area (Å²) in [6.45, 7) is 7.73. The van der Waals surface area contributed by atoms with E-state index >= 15 is 0 Å². The van der Waals surface area contributed by atoms with Crippen molar-refractivity contribution in [1.29, 1.82) is 0 Å². The molecule has 0 aliphatic carbocycles. The van der Waals surface area contributed by atoms with Gasteiger partial charge in [-0.05, 0) is 32.4 Å². The molecule has 1 saturated heterocycles. The monoisotopic (exact) mass is 555 g/mol. The van der Waals surface area contributed by atoms with Crippen molar-refractivity contribution in [3.63, 3.8) is 0 Å². The Balaban J connectivity index is 1.41. The topological polar surface area (TPSA) is 115 Å². The largest absolute Gasteiger partial charge is 0.492 e. The number of nitrogens with one attached hydrogen (secondary N) is 1. The summed E-state index contributed by atoms with van der Waals surface area (Å²) in [5, 5.41) is 3.18. The zero-order valence-corrected chi connectivity index (χ0v) is 23.2. The van der Waals surface area contributed by atoms with E-state index in [1.807, 2.05) is 49.9 Å².